The van der Waals surface area contributed by atoms with Crippen molar-refractivity contribution in [1.82, 2.24) is 0 Å². The molecule has 0 saturated carbocycles. The van der Waals surface area contributed by atoms with Crippen LogP contribution in [0.4, 0.5) is 13.2 Å². The standard InChI is InChI=1S/C25H31Cl2F3Si2/c1-32(27)12-7-17(8-13-32)4-9-31-10-5-18(6-11-31)19-2-3-21(22(28)14-19)20-15-23(29)25(26)24(30)16-20/h2-3,14-18,31H,4-13H2,1H3. The first-order chi connectivity index (χ1) is 15.2. The molecule has 0 aliphatic carbocycles. The molecule has 32 heavy (non-hydrogen) atoms. The molecule has 4 rings (SSSR count). The lowest BCUT2D eigenvalue weighted by Crippen LogP contribution is -2.29. The third-order valence-electron chi connectivity index (χ3n) is 7.74. The Kier molecular flexibility index (Phi) is 7.80. The van der Waals surface area contributed by atoms with Gasteiger partial charge in [-0.3, -0.25) is 0 Å². The van der Waals surface area contributed by atoms with E-state index in [1.807, 2.05) is 6.07 Å². The Balaban J connectivity index is 1.32. The lowest BCUT2D eigenvalue weighted by molar-refractivity contribution is 0.452. The summed E-state index contributed by atoms with van der Waals surface area (Å²) in [6.07, 6.45) is 6.33. The first-order valence-electron chi connectivity index (χ1n) is 11.8. The maximum absolute atomic E-state index is 14.8. The van der Waals surface area contributed by atoms with Crippen LogP contribution in [0.15, 0.2) is 30.3 Å². The maximum atomic E-state index is 14.8. The summed E-state index contributed by atoms with van der Waals surface area (Å²) in [5, 5.41) is -0.561. The second kappa shape index (κ2) is 10.2. The largest absolute Gasteiger partial charge is 0.206 e. The molecule has 2 aliphatic rings. The Morgan fingerprint density at radius 1 is 0.938 bits per heavy atom. The van der Waals surface area contributed by atoms with Crippen LogP contribution < -0.4 is 0 Å². The van der Waals surface area contributed by atoms with Crippen molar-refractivity contribution in [2.75, 3.05) is 0 Å². The van der Waals surface area contributed by atoms with Crippen LogP contribution in [-0.4, -0.2) is 16.2 Å². The van der Waals surface area contributed by atoms with Crippen molar-refractivity contribution in [2.45, 2.75) is 74.8 Å². The highest BCUT2D eigenvalue weighted by atomic mass is 35.6. The van der Waals surface area contributed by atoms with Gasteiger partial charge in [-0.1, -0.05) is 67.7 Å². The molecule has 0 N–H and O–H groups in total. The number of rotatable bonds is 5. The third kappa shape index (κ3) is 5.83. The summed E-state index contributed by atoms with van der Waals surface area (Å²) in [7, 11) is -2.07. The zero-order valence-corrected chi connectivity index (χ0v) is 22.2. The van der Waals surface area contributed by atoms with Crippen LogP contribution >= 0.6 is 22.7 Å². The van der Waals surface area contributed by atoms with Crippen LogP contribution in [-0.2, 0) is 0 Å². The summed E-state index contributed by atoms with van der Waals surface area (Å²) in [6.45, 7) is 2.31. The van der Waals surface area contributed by atoms with Crippen LogP contribution in [0.3, 0.4) is 0 Å². The quantitative estimate of drug-likeness (QED) is 0.212. The fraction of sp³-hybridized carbons (Fsp3) is 0.520. The summed E-state index contributed by atoms with van der Waals surface area (Å²) < 4.78 is 42.4. The van der Waals surface area contributed by atoms with Crippen molar-refractivity contribution in [3.05, 3.63) is 58.4 Å². The molecule has 2 heterocycles. The highest BCUT2D eigenvalue weighted by Gasteiger charge is 2.32. The van der Waals surface area contributed by atoms with Gasteiger partial charge in [-0.05, 0) is 66.1 Å². The van der Waals surface area contributed by atoms with E-state index < -0.39 is 38.7 Å². The van der Waals surface area contributed by atoms with E-state index in [9.17, 15) is 13.2 Å². The van der Waals surface area contributed by atoms with Crippen LogP contribution in [0.1, 0.15) is 43.6 Å². The van der Waals surface area contributed by atoms with Gasteiger partial charge >= 0.3 is 0 Å². The van der Waals surface area contributed by atoms with Gasteiger partial charge in [-0.25, -0.2) is 13.2 Å². The van der Waals surface area contributed by atoms with E-state index in [1.54, 1.807) is 12.1 Å². The molecule has 0 nitrogen and oxygen atoms in total. The van der Waals surface area contributed by atoms with Gasteiger partial charge in [0.25, 0.3) is 0 Å². The molecule has 174 valence electrons. The summed E-state index contributed by atoms with van der Waals surface area (Å²) in [4.78, 5) is 0. The van der Waals surface area contributed by atoms with E-state index in [0.717, 1.165) is 36.5 Å². The van der Waals surface area contributed by atoms with Gasteiger partial charge in [0, 0.05) is 14.4 Å². The molecule has 0 amide bonds. The number of halogens is 5. The molecule has 2 aliphatic heterocycles. The lowest BCUT2D eigenvalue weighted by atomic mass is 9.91. The van der Waals surface area contributed by atoms with Crippen molar-refractivity contribution >= 4 is 38.9 Å². The van der Waals surface area contributed by atoms with Gasteiger partial charge < -0.3 is 0 Å². The van der Waals surface area contributed by atoms with Crippen molar-refractivity contribution in [2.24, 2.45) is 5.92 Å². The molecule has 0 unspecified atom stereocenters. The molecule has 0 spiro atoms. The van der Waals surface area contributed by atoms with Crippen molar-refractivity contribution < 1.29 is 13.2 Å². The zero-order chi connectivity index (χ0) is 22.9. The average molecular weight is 516 g/mol. The van der Waals surface area contributed by atoms with Crippen LogP contribution in [0.5, 0.6) is 0 Å². The van der Waals surface area contributed by atoms with Gasteiger partial charge in [0.15, 0.2) is 7.38 Å². The normalized spacial score (nSPS) is 28.6. The topological polar surface area (TPSA) is 0 Å². The first kappa shape index (κ1) is 24.4. The van der Waals surface area contributed by atoms with Crippen molar-refractivity contribution in [3.63, 3.8) is 0 Å². The monoisotopic (exact) mass is 514 g/mol. The third-order valence-corrected chi connectivity index (χ3v) is 15.3. The Bertz CT molecular complexity index is 925. The van der Waals surface area contributed by atoms with Crippen LogP contribution in [0.2, 0.25) is 41.8 Å². The number of benzene rings is 2. The van der Waals surface area contributed by atoms with E-state index in [4.69, 9.17) is 22.7 Å². The van der Waals surface area contributed by atoms with Crippen LogP contribution in [0.25, 0.3) is 11.1 Å². The average Bonchev–Trinajstić information content (AvgIpc) is 2.77. The number of hydrogen-bond acceptors (Lipinski definition) is 0. The zero-order valence-electron chi connectivity index (χ0n) is 18.6. The van der Waals surface area contributed by atoms with Gasteiger partial charge in [-0.15, -0.1) is 0 Å². The molecule has 0 radical (unpaired) electrons. The first-order valence-corrected chi connectivity index (χ1v) is 18.6. The summed E-state index contributed by atoms with van der Waals surface area (Å²) >= 11 is 12.2. The van der Waals surface area contributed by atoms with Crippen molar-refractivity contribution in [1.29, 1.82) is 0 Å². The SMILES string of the molecule is C[Si]1(Cl)CCC(CC[SiH]2CCC(c3ccc(-c4cc(F)c(Cl)c(F)c4)c(F)c3)CC2)CC1. The highest BCUT2D eigenvalue weighted by Crippen LogP contribution is 2.40. The van der Waals surface area contributed by atoms with Gasteiger partial charge in [0.1, 0.15) is 22.5 Å². The summed E-state index contributed by atoms with van der Waals surface area (Å²) in [5.41, 5.74) is 1.38. The molecule has 2 fully saturated rings. The Morgan fingerprint density at radius 3 is 2.16 bits per heavy atom. The van der Waals surface area contributed by atoms with E-state index >= 15 is 0 Å². The predicted molar refractivity (Wildman–Crippen MR) is 135 cm³/mol. The second-order valence-corrected chi connectivity index (χ2v) is 20.6. The molecular weight excluding hydrogens is 484 g/mol. The number of hydrogen-bond donors (Lipinski definition) is 0. The van der Waals surface area contributed by atoms with E-state index in [0.29, 0.717) is 5.92 Å². The van der Waals surface area contributed by atoms with E-state index in [-0.39, 0.29) is 11.1 Å². The Labute approximate surface area is 201 Å². The molecule has 7 heteroatoms. The highest BCUT2D eigenvalue weighted by molar-refractivity contribution is 7.19. The molecule has 0 aromatic heterocycles. The molecule has 2 saturated heterocycles. The molecule has 2 aromatic rings. The Morgan fingerprint density at radius 2 is 1.56 bits per heavy atom. The smallest absolute Gasteiger partial charge is 0.153 e. The molecule has 2 aromatic carbocycles. The van der Waals surface area contributed by atoms with Gasteiger partial charge in [0.2, 0.25) is 0 Å². The fourth-order valence-electron chi connectivity index (χ4n) is 5.55. The Hall–Kier alpha value is -0.756. The van der Waals surface area contributed by atoms with Gasteiger partial charge in [-0.2, -0.15) is 11.1 Å². The van der Waals surface area contributed by atoms with Crippen LogP contribution in [0, 0.1) is 23.4 Å². The van der Waals surface area contributed by atoms with Gasteiger partial charge in [0.05, 0.1) is 0 Å². The molecular formula is C25H31Cl2F3Si2. The molecule has 0 bridgehead atoms. The van der Waals surface area contributed by atoms with Crippen molar-refractivity contribution in [3.8, 4) is 11.1 Å². The minimum Gasteiger partial charge on any atom is -0.206 e. The minimum absolute atomic E-state index is 0.171. The maximum Gasteiger partial charge on any atom is 0.153 e. The van der Waals surface area contributed by atoms with E-state index in [1.165, 1.54) is 49.5 Å². The summed E-state index contributed by atoms with van der Waals surface area (Å²) in [6, 6.07) is 14.0. The lowest BCUT2D eigenvalue weighted by Gasteiger charge is -2.32. The van der Waals surface area contributed by atoms with E-state index in [2.05, 4.69) is 6.55 Å². The minimum atomic E-state index is -1.38. The molecule has 0 atom stereocenters. The second-order valence-electron chi connectivity index (χ2n) is 10.1. The fourth-order valence-corrected chi connectivity index (χ4v) is 12.1. The predicted octanol–water partition coefficient (Wildman–Crippen LogP) is 9.14. The summed E-state index contributed by atoms with van der Waals surface area (Å²) in [5.74, 6) is -0.904.